The summed E-state index contributed by atoms with van der Waals surface area (Å²) >= 11 is 0. The molecule has 1 N–H and O–H groups in total. The zero-order chi connectivity index (χ0) is 12.8. The van der Waals surface area contributed by atoms with Crippen molar-refractivity contribution in [2.75, 3.05) is 13.2 Å². The van der Waals surface area contributed by atoms with Gasteiger partial charge >= 0.3 is 0 Å². The highest BCUT2D eigenvalue weighted by molar-refractivity contribution is 5.33. The molecule has 100 valence electrons. The van der Waals surface area contributed by atoms with Crippen LogP contribution in [0.2, 0.25) is 0 Å². The van der Waals surface area contributed by atoms with E-state index in [4.69, 9.17) is 4.74 Å². The Balaban J connectivity index is 1.79. The standard InChI is InChI=1S/C16H25NO/c1-3-18-16-7-5-4-6-15(16)12-17-11-14-9-8-13(2)10-14/h4-7,13-14,17H,3,8-12H2,1-2H3. The van der Waals surface area contributed by atoms with Crippen molar-refractivity contribution in [3.8, 4) is 5.75 Å². The minimum Gasteiger partial charge on any atom is -0.494 e. The van der Waals surface area contributed by atoms with Crippen molar-refractivity contribution < 1.29 is 4.74 Å². The fourth-order valence-corrected chi connectivity index (χ4v) is 2.87. The Morgan fingerprint density at radius 1 is 1.28 bits per heavy atom. The van der Waals surface area contributed by atoms with E-state index in [1.807, 2.05) is 13.0 Å². The van der Waals surface area contributed by atoms with Crippen LogP contribution < -0.4 is 10.1 Å². The zero-order valence-corrected chi connectivity index (χ0v) is 11.6. The lowest BCUT2D eigenvalue weighted by Gasteiger charge is -2.13. The van der Waals surface area contributed by atoms with Crippen molar-refractivity contribution in [2.24, 2.45) is 11.8 Å². The first-order chi connectivity index (χ1) is 8.79. The van der Waals surface area contributed by atoms with Gasteiger partial charge in [0, 0.05) is 12.1 Å². The highest BCUT2D eigenvalue weighted by atomic mass is 16.5. The minimum atomic E-state index is 0.733. The molecule has 0 radical (unpaired) electrons. The molecule has 0 amide bonds. The average molecular weight is 247 g/mol. The molecule has 1 fully saturated rings. The predicted molar refractivity (Wildman–Crippen MR) is 75.8 cm³/mol. The van der Waals surface area contributed by atoms with E-state index in [0.29, 0.717) is 0 Å². The predicted octanol–water partition coefficient (Wildman–Crippen LogP) is 3.61. The Kier molecular flexibility index (Phi) is 5.06. The largest absolute Gasteiger partial charge is 0.494 e. The average Bonchev–Trinajstić information content (AvgIpc) is 2.78. The molecule has 0 saturated heterocycles. The summed E-state index contributed by atoms with van der Waals surface area (Å²) in [5.74, 6) is 2.82. The molecule has 0 aliphatic heterocycles. The topological polar surface area (TPSA) is 21.3 Å². The number of rotatable bonds is 6. The first-order valence-electron chi connectivity index (χ1n) is 7.21. The lowest BCUT2D eigenvalue weighted by atomic mass is 10.1. The first-order valence-corrected chi connectivity index (χ1v) is 7.21. The van der Waals surface area contributed by atoms with E-state index in [1.165, 1.54) is 24.8 Å². The van der Waals surface area contributed by atoms with E-state index in [2.05, 4.69) is 30.4 Å². The molecule has 1 aliphatic carbocycles. The third kappa shape index (κ3) is 3.74. The smallest absolute Gasteiger partial charge is 0.123 e. The number of nitrogens with one attached hydrogen (secondary N) is 1. The van der Waals surface area contributed by atoms with Gasteiger partial charge in [0.25, 0.3) is 0 Å². The van der Waals surface area contributed by atoms with E-state index in [9.17, 15) is 0 Å². The summed E-state index contributed by atoms with van der Waals surface area (Å²) in [5.41, 5.74) is 1.27. The summed E-state index contributed by atoms with van der Waals surface area (Å²) in [7, 11) is 0. The summed E-state index contributed by atoms with van der Waals surface area (Å²) in [4.78, 5) is 0. The molecule has 0 aromatic heterocycles. The second-order valence-corrected chi connectivity index (χ2v) is 5.46. The number of para-hydroxylation sites is 1. The summed E-state index contributed by atoms with van der Waals surface area (Å²) < 4.78 is 5.64. The van der Waals surface area contributed by atoms with Gasteiger partial charge in [-0.2, -0.15) is 0 Å². The monoisotopic (exact) mass is 247 g/mol. The first kappa shape index (κ1) is 13.4. The van der Waals surface area contributed by atoms with Crippen LogP contribution in [0.4, 0.5) is 0 Å². The molecular weight excluding hydrogens is 222 g/mol. The fraction of sp³-hybridized carbons (Fsp3) is 0.625. The Hall–Kier alpha value is -1.02. The van der Waals surface area contributed by atoms with Gasteiger partial charge in [-0.25, -0.2) is 0 Å². The van der Waals surface area contributed by atoms with Gasteiger partial charge in [-0.15, -0.1) is 0 Å². The summed E-state index contributed by atoms with van der Waals surface area (Å²) in [6.45, 7) is 7.19. The van der Waals surface area contributed by atoms with E-state index in [-0.39, 0.29) is 0 Å². The Labute approximate surface area is 111 Å². The molecule has 18 heavy (non-hydrogen) atoms. The normalized spacial score (nSPS) is 23.2. The Morgan fingerprint density at radius 2 is 2.11 bits per heavy atom. The highest BCUT2D eigenvalue weighted by Gasteiger charge is 2.20. The van der Waals surface area contributed by atoms with Crippen LogP contribution in [-0.4, -0.2) is 13.2 Å². The maximum absolute atomic E-state index is 5.64. The van der Waals surface area contributed by atoms with Crippen LogP contribution in [0.15, 0.2) is 24.3 Å². The zero-order valence-electron chi connectivity index (χ0n) is 11.6. The number of hydrogen-bond donors (Lipinski definition) is 1. The van der Waals surface area contributed by atoms with E-state index in [1.54, 1.807) is 0 Å². The minimum absolute atomic E-state index is 0.733. The maximum Gasteiger partial charge on any atom is 0.123 e. The molecule has 0 spiro atoms. The van der Waals surface area contributed by atoms with E-state index < -0.39 is 0 Å². The fourth-order valence-electron chi connectivity index (χ4n) is 2.87. The molecule has 1 aromatic rings. The van der Waals surface area contributed by atoms with Crippen LogP contribution in [0.5, 0.6) is 5.75 Å². The molecule has 2 rings (SSSR count). The lowest BCUT2D eigenvalue weighted by molar-refractivity contribution is 0.335. The summed E-state index contributed by atoms with van der Waals surface area (Å²) in [5, 5.41) is 3.58. The van der Waals surface area contributed by atoms with Crippen LogP contribution in [0.25, 0.3) is 0 Å². The van der Waals surface area contributed by atoms with Crippen LogP contribution in [-0.2, 0) is 6.54 Å². The van der Waals surface area contributed by atoms with Crippen LogP contribution in [0.1, 0.15) is 38.7 Å². The van der Waals surface area contributed by atoms with Crippen molar-refractivity contribution in [1.29, 1.82) is 0 Å². The molecule has 1 aromatic carbocycles. The van der Waals surface area contributed by atoms with E-state index in [0.717, 1.165) is 37.3 Å². The third-order valence-electron chi connectivity index (χ3n) is 3.82. The van der Waals surface area contributed by atoms with Gasteiger partial charge in [0.1, 0.15) is 5.75 Å². The molecular formula is C16H25NO. The quantitative estimate of drug-likeness (QED) is 0.829. The molecule has 1 saturated carbocycles. The van der Waals surface area contributed by atoms with Gasteiger partial charge in [0.05, 0.1) is 6.61 Å². The van der Waals surface area contributed by atoms with Crippen LogP contribution in [0.3, 0.4) is 0 Å². The van der Waals surface area contributed by atoms with Crippen LogP contribution >= 0.6 is 0 Å². The Bertz CT molecular complexity index is 364. The van der Waals surface area contributed by atoms with Gasteiger partial charge in [0.2, 0.25) is 0 Å². The maximum atomic E-state index is 5.64. The van der Waals surface area contributed by atoms with Crippen molar-refractivity contribution in [3.05, 3.63) is 29.8 Å². The van der Waals surface area contributed by atoms with Gasteiger partial charge in [0.15, 0.2) is 0 Å². The molecule has 2 nitrogen and oxygen atoms in total. The van der Waals surface area contributed by atoms with Crippen molar-refractivity contribution >= 4 is 0 Å². The molecule has 0 bridgehead atoms. The van der Waals surface area contributed by atoms with Crippen molar-refractivity contribution in [3.63, 3.8) is 0 Å². The van der Waals surface area contributed by atoms with Crippen molar-refractivity contribution in [2.45, 2.75) is 39.7 Å². The highest BCUT2D eigenvalue weighted by Crippen LogP contribution is 2.29. The van der Waals surface area contributed by atoms with Gasteiger partial charge in [-0.3, -0.25) is 0 Å². The molecule has 2 heteroatoms. The van der Waals surface area contributed by atoms with Crippen molar-refractivity contribution in [1.82, 2.24) is 5.32 Å². The van der Waals surface area contributed by atoms with E-state index >= 15 is 0 Å². The number of hydrogen-bond acceptors (Lipinski definition) is 2. The second-order valence-electron chi connectivity index (χ2n) is 5.46. The molecule has 1 aliphatic rings. The van der Waals surface area contributed by atoms with Gasteiger partial charge in [-0.1, -0.05) is 31.5 Å². The molecule has 0 heterocycles. The third-order valence-corrected chi connectivity index (χ3v) is 3.82. The Morgan fingerprint density at radius 3 is 2.83 bits per heavy atom. The summed E-state index contributed by atoms with van der Waals surface area (Å²) in [6.07, 6.45) is 4.18. The van der Waals surface area contributed by atoms with Gasteiger partial charge in [-0.05, 0) is 44.2 Å². The molecule has 2 atom stereocenters. The van der Waals surface area contributed by atoms with Gasteiger partial charge < -0.3 is 10.1 Å². The van der Waals surface area contributed by atoms with Crippen LogP contribution in [0, 0.1) is 11.8 Å². The SMILES string of the molecule is CCOc1ccccc1CNCC1CCC(C)C1. The number of ether oxygens (including phenoxy) is 1. The lowest BCUT2D eigenvalue weighted by Crippen LogP contribution is -2.21. The molecule has 2 unspecified atom stereocenters. The number of benzene rings is 1. The summed E-state index contributed by atoms with van der Waals surface area (Å²) in [6, 6.07) is 8.32. The second kappa shape index (κ2) is 6.79.